The van der Waals surface area contributed by atoms with Crippen molar-refractivity contribution in [1.29, 1.82) is 0 Å². The van der Waals surface area contributed by atoms with Gasteiger partial charge >= 0.3 is 0 Å². The molecule has 0 saturated carbocycles. The van der Waals surface area contributed by atoms with Crippen molar-refractivity contribution < 1.29 is 8.78 Å². The Labute approximate surface area is 137 Å². The predicted octanol–water partition coefficient (Wildman–Crippen LogP) is 5.13. The van der Waals surface area contributed by atoms with E-state index in [1.165, 1.54) is 6.07 Å². The number of nitrogens with zero attached hydrogens (tertiary/aromatic N) is 2. The number of hydrogen-bond acceptors (Lipinski definition) is 3. The molecule has 3 rings (SSSR count). The maximum absolute atomic E-state index is 13.4. The Morgan fingerprint density at radius 3 is 2.39 bits per heavy atom. The molecule has 6 heteroatoms. The molecule has 0 saturated heterocycles. The van der Waals surface area contributed by atoms with Crippen LogP contribution >= 0.6 is 11.6 Å². The summed E-state index contributed by atoms with van der Waals surface area (Å²) in [7, 11) is 0. The van der Waals surface area contributed by atoms with Crippen molar-refractivity contribution in [2.45, 2.75) is 6.92 Å². The van der Waals surface area contributed by atoms with E-state index in [1.807, 2.05) is 30.3 Å². The van der Waals surface area contributed by atoms with E-state index in [-0.39, 0.29) is 5.15 Å². The second-order valence-electron chi connectivity index (χ2n) is 4.97. The molecule has 0 aliphatic rings. The molecule has 0 spiro atoms. The summed E-state index contributed by atoms with van der Waals surface area (Å²) >= 11 is 6.04. The van der Waals surface area contributed by atoms with Crippen LogP contribution in [-0.2, 0) is 0 Å². The van der Waals surface area contributed by atoms with Crippen LogP contribution in [0.2, 0.25) is 5.15 Å². The zero-order chi connectivity index (χ0) is 16.4. The standard InChI is InChI=1S/C17H12ClF2N3/c1-10-7-12(19)13(20)8-14(10)21-16-9-15(18)22-17(23-16)11-5-3-2-4-6-11/h2-9H,1H3,(H,21,22,23). The topological polar surface area (TPSA) is 37.8 Å². The molecular formula is C17H12ClF2N3. The Balaban J connectivity index is 1.98. The molecule has 0 bridgehead atoms. The van der Waals surface area contributed by atoms with Crippen LogP contribution < -0.4 is 5.32 Å². The molecule has 0 unspecified atom stereocenters. The van der Waals surface area contributed by atoms with Gasteiger partial charge in [-0.1, -0.05) is 41.9 Å². The lowest BCUT2D eigenvalue weighted by Crippen LogP contribution is -2.00. The van der Waals surface area contributed by atoms with Gasteiger partial charge in [0, 0.05) is 23.4 Å². The van der Waals surface area contributed by atoms with Crippen LogP contribution in [0.3, 0.4) is 0 Å². The lowest BCUT2D eigenvalue weighted by molar-refractivity contribution is 0.508. The van der Waals surface area contributed by atoms with Gasteiger partial charge in [-0.3, -0.25) is 0 Å². The summed E-state index contributed by atoms with van der Waals surface area (Å²) in [5, 5.41) is 3.20. The minimum absolute atomic E-state index is 0.251. The summed E-state index contributed by atoms with van der Waals surface area (Å²) in [6, 6.07) is 13.1. The summed E-state index contributed by atoms with van der Waals surface area (Å²) in [6.45, 7) is 1.67. The van der Waals surface area contributed by atoms with Crippen LogP contribution in [0.4, 0.5) is 20.3 Å². The van der Waals surface area contributed by atoms with Gasteiger partial charge in [-0.25, -0.2) is 18.7 Å². The molecule has 1 aromatic heterocycles. The van der Waals surface area contributed by atoms with Gasteiger partial charge in [0.25, 0.3) is 0 Å². The van der Waals surface area contributed by atoms with Crippen molar-refractivity contribution in [2.24, 2.45) is 0 Å². The highest BCUT2D eigenvalue weighted by Gasteiger charge is 2.10. The Bertz CT molecular complexity index is 854. The zero-order valence-corrected chi connectivity index (χ0v) is 12.9. The Hall–Kier alpha value is -2.53. The molecule has 3 nitrogen and oxygen atoms in total. The maximum atomic E-state index is 13.4. The molecular weight excluding hydrogens is 320 g/mol. The molecule has 0 atom stereocenters. The number of hydrogen-bond donors (Lipinski definition) is 1. The van der Waals surface area contributed by atoms with Crippen LogP contribution in [0.5, 0.6) is 0 Å². The smallest absolute Gasteiger partial charge is 0.163 e. The van der Waals surface area contributed by atoms with Crippen molar-refractivity contribution in [1.82, 2.24) is 9.97 Å². The molecule has 1 heterocycles. The average Bonchev–Trinajstić information content (AvgIpc) is 2.53. The van der Waals surface area contributed by atoms with E-state index < -0.39 is 11.6 Å². The number of aromatic nitrogens is 2. The lowest BCUT2D eigenvalue weighted by Gasteiger charge is -2.11. The molecule has 1 N–H and O–H groups in total. The fraction of sp³-hybridized carbons (Fsp3) is 0.0588. The summed E-state index contributed by atoms with van der Waals surface area (Å²) in [5.74, 6) is -0.973. The molecule has 3 aromatic rings. The normalized spacial score (nSPS) is 10.6. The first kappa shape index (κ1) is 15.4. The van der Waals surface area contributed by atoms with E-state index >= 15 is 0 Å². The summed E-state index contributed by atoms with van der Waals surface area (Å²) in [5.41, 5.74) is 1.78. The van der Waals surface area contributed by atoms with Crippen molar-refractivity contribution in [3.05, 3.63) is 70.9 Å². The van der Waals surface area contributed by atoms with Gasteiger partial charge in [0.1, 0.15) is 11.0 Å². The molecule has 0 aliphatic carbocycles. The van der Waals surface area contributed by atoms with E-state index in [0.29, 0.717) is 22.9 Å². The van der Waals surface area contributed by atoms with E-state index in [9.17, 15) is 8.78 Å². The maximum Gasteiger partial charge on any atom is 0.163 e. The number of benzene rings is 2. The van der Waals surface area contributed by atoms with Crippen molar-refractivity contribution in [2.75, 3.05) is 5.32 Å². The molecule has 0 amide bonds. The van der Waals surface area contributed by atoms with Crippen LogP contribution in [0.15, 0.2) is 48.5 Å². The van der Waals surface area contributed by atoms with Crippen molar-refractivity contribution in [3.8, 4) is 11.4 Å². The van der Waals surface area contributed by atoms with Crippen molar-refractivity contribution >= 4 is 23.1 Å². The first-order valence-electron chi connectivity index (χ1n) is 6.85. The van der Waals surface area contributed by atoms with E-state index in [1.54, 1.807) is 6.92 Å². The molecule has 23 heavy (non-hydrogen) atoms. The predicted molar refractivity (Wildman–Crippen MR) is 86.9 cm³/mol. The number of halogens is 3. The van der Waals surface area contributed by atoms with Crippen LogP contribution in [-0.4, -0.2) is 9.97 Å². The third-order valence-corrected chi connectivity index (χ3v) is 3.45. The molecule has 0 fully saturated rings. The second kappa shape index (κ2) is 6.30. The second-order valence-corrected chi connectivity index (χ2v) is 5.36. The highest BCUT2D eigenvalue weighted by molar-refractivity contribution is 6.29. The Kier molecular flexibility index (Phi) is 4.21. The summed E-state index contributed by atoms with van der Waals surface area (Å²) in [6.07, 6.45) is 0. The van der Waals surface area contributed by atoms with Crippen LogP contribution in [0, 0.1) is 18.6 Å². The molecule has 0 radical (unpaired) electrons. The van der Waals surface area contributed by atoms with Crippen LogP contribution in [0.25, 0.3) is 11.4 Å². The molecule has 0 aliphatic heterocycles. The van der Waals surface area contributed by atoms with Gasteiger partial charge in [0.05, 0.1) is 0 Å². The van der Waals surface area contributed by atoms with E-state index in [4.69, 9.17) is 11.6 Å². The summed E-state index contributed by atoms with van der Waals surface area (Å²) < 4.78 is 26.6. The summed E-state index contributed by atoms with van der Waals surface area (Å²) in [4.78, 5) is 8.55. The molecule has 116 valence electrons. The first-order chi connectivity index (χ1) is 11.0. The number of aryl methyl sites for hydroxylation is 1. The van der Waals surface area contributed by atoms with Gasteiger partial charge in [0.15, 0.2) is 17.5 Å². The zero-order valence-electron chi connectivity index (χ0n) is 12.1. The van der Waals surface area contributed by atoms with Gasteiger partial charge in [0.2, 0.25) is 0 Å². The third kappa shape index (κ3) is 3.46. The van der Waals surface area contributed by atoms with Gasteiger partial charge in [-0.2, -0.15) is 0 Å². The van der Waals surface area contributed by atoms with E-state index in [2.05, 4.69) is 15.3 Å². The molecule has 2 aromatic carbocycles. The van der Waals surface area contributed by atoms with Gasteiger partial charge in [-0.15, -0.1) is 0 Å². The lowest BCUT2D eigenvalue weighted by atomic mass is 10.2. The highest BCUT2D eigenvalue weighted by Crippen LogP contribution is 2.25. The van der Waals surface area contributed by atoms with Crippen LogP contribution in [0.1, 0.15) is 5.56 Å². The highest BCUT2D eigenvalue weighted by atomic mass is 35.5. The Morgan fingerprint density at radius 1 is 0.957 bits per heavy atom. The van der Waals surface area contributed by atoms with Gasteiger partial charge < -0.3 is 5.32 Å². The number of rotatable bonds is 3. The minimum Gasteiger partial charge on any atom is -0.340 e. The Morgan fingerprint density at radius 2 is 1.65 bits per heavy atom. The first-order valence-corrected chi connectivity index (χ1v) is 7.23. The SMILES string of the molecule is Cc1cc(F)c(F)cc1Nc1cc(Cl)nc(-c2ccccc2)n1. The fourth-order valence-corrected chi connectivity index (χ4v) is 2.30. The van der Waals surface area contributed by atoms with E-state index in [0.717, 1.165) is 17.7 Å². The third-order valence-electron chi connectivity index (χ3n) is 3.26. The fourth-order valence-electron chi connectivity index (χ4n) is 2.12. The van der Waals surface area contributed by atoms with Crippen molar-refractivity contribution in [3.63, 3.8) is 0 Å². The average molecular weight is 332 g/mol. The number of nitrogens with one attached hydrogen (secondary N) is 1. The number of anilines is 2. The minimum atomic E-state index is -0.929. The quantitative estimate of drug-likeness (QED) is 0.676. The van der Waals surface area contributed by atoms with Gasteiger partial charge in [-0.05, 0) is 18.6 Å². The monoisotopic (exact) mass is 331 g/mol. The largest absolute Gasteiger partial charge is 0.340 e.